The average molecular weight is 280 g/mol. The molecule has 4 nitrogen and oxygen atoms in total. The first-order valence-electron chi connectivity index (χ1n) is 2.26. The van der Waals surface area contributed by atoms with Crippen LogP contribution < -0.4 is 9.44 Å². The van der Waals surface area contributed by atoms with Crippen LogP contribution in [-0.4, -0.2) is 10.5 Å². The molecule has 0 aromatic heterocycles. The molecule has 0 saturated heterocycles. The van der Waals surface area contributed by atoms with E-state index in [1.54, 1.807) is 0 Å². The number of amides is 2. The molecule has 2 amide bonds. The van der Waals surface area contributed by atoms with Crippen LogP contribution >= 0.6 is 66.9 Å². The van der Waals surface area contributed by atoms with Gasteiger partial charge in [0.05, 0.1) is 0 Å². The Bertz CT molecular complexity index is 146. The Hall–Kier alpha value is 1.04. The van der Waals surface area contributed by atoms with E-state index in [4.69, 9.17) is 0 Å². The van der Waals surface area contributed by atoms with Gasteiger partial charge >= 0.3 is 0 Å². The minimum atomic E-state index is -0.275. The Morgan fingerprint density at radius 1 is 0.917 bits per heavy atom. The van der Waals surface area contributed by atoms with Crippen LogP contribution in [0.1, 0.15) is 0 Å². The molecule has 0 aromatic rings. The van der Waals surface area contributed by atoms with Gasteiger partial charge in [0.25, 0.3) is 10.5 Å². The highest BCUT2D eigenvalue weighted by Gasteiger charge is 2.03. The van der Waals surface area contributed by atoms with E-state index in [1.165, 1.54) is 19.7 Å². The van der Waals surface area contributed by atoms with Gasteiger partial charge in [-0.15, -0.1) is 0 Å². The minimum Gasteiger partial charge on any atom is -0.293 e. The number of thiol groups is 2. The Morgan fingerprint density at radius 3 is 1.50 bits per heavy atom. The monoisotopic (exact) mass is 280 g/mol. The van der Waals surface area contributed by atoms with Crippen LogP contribution in [0.5, 0.6) is 0 Å². The minimum absolute atomic E-state index is 0.275. The van der Waals surface area contributed by atoms with Gasteiger partial charge in [-0.2, -0.15) is 0 Å². The molecular weight excluding hydrogens is 276 g/mol. The first kappa shape index (κ1) is 13.0. The van der Waals surface area contributed by atoms with Crippen molar-refractivity contribution in [3.8, 4) is 0 Å². The molecule has 0 saturated carbocycles. The standard InChI is InChI=1S/C2H4N2O2S6/c5-1(3-7)9-11-12-10-2(6)4-8/h7-8H,(H,3,5)(H,4,6). The maximum atomic E-state index is 10.5. The normalized spacial score (nSPS) is 9.17. The second-order valence-corrected chi connectivity index (χ2v) is 7.16. The third-order valence-corrected chi connectivity index (χ3v) is 6.54. The van der Waals surface area contributed by atoms with Crippen LogP contribution in [0, 0.1) is 0 Å². The van der Waals surface area contributed by atoms with Crippen molar-refractivity contribution in [3.63, 3.8) is 0 Å². The largest absolute Gasteiger partial charge is 0.300 e. The molecule has 0 radical (unpaired) electrons. The number of carbonyl (C=O) groups excluding carboxylic acids is 2. The SMILES string of the molecule is O=C(NS)SSSSC(=O)NS. The van der Waals surface area contributed by atoms with Crippen LogP contribution in [0.15, 0.2) is 0 Å². The molecule has 12 heavy (non-hydrogen) atoms. The predicted octanol–water partition coefficient (Wildman–Crippen LogP) is 2.77. The van der Waals surface area contributed by atoms with Crippen molar-refractivity contribution in [1.82, 2.24) is 9.44 Å². The molecule has 0 bridgehead atoms. The molecule has 0 unspecified atom stereocenters. The summed E-state index contributed by atoms with van der Waals surface area (Å²) in [5, 5.41) is -0.551. The molecule has 0 aromatic carbocycles. The third kappa shape index (κ3) is 7.68. The lowest BCUT2D eigenvalue weighted by Gasteiger charge is -1.96. The molecule has 70 valence electrons. The highest BCUT2D eigenvalue weighted by Crippen LogP contribution is 2.43. The second kappa shape index (κ2) is 8.63. The highest BCUT2D eigenvalue weighted by atomic mass is 33.7. The molecule has 0 rings (SSSR count). The van der Waals surface area contributed by atoms with Crippen molar-refractivity contribution in [3.05, 3.63) is 0 Å². The highest BCUT2D eigenvalue weighted by molar-refractivity contribution is 9.28. The fourth-order valence-electron chi connectivity index (χ4n) is 0.127. The summed E-state index contributed by atoms with van der Waals surface area (Å²) < 4.78 is 4.25. The van der Waals surface area contributed by atoms with Crippen LogP contribution in [0.25, 0.3) is 0 Å². The molecule has 0 atom stereocenters. The van der Waals surface area contributed by atoms with E-state index in [1.807, 2.05) is 0 Å². The lowest BCUT2D eigenvalue weighted by Crippen LogP contribution is -2.02. The molecular formula is C2H4N2O2S6. The maximum absolute atomic E-state index is 10.5. The average Bonchev–Trinajstić information content (AvgIpc) is 2.11. The zero-order valence-electron chi connectivity index (χ0n) is 5.34. The summed E-state index contributed by atoms with van der Waals surface area (Å²) >= 11 is 7.07. The van der Waals surface area contributed by atoms with Crippen molar-refractivity contribution in [2.45, 2.75) is 0 Å². The summed E-state index contributed by atoms with van der Waals surface area (Å²) in [4.78, 5) is 21.1. The zero-order chi connectivity index (χ0) is 9.40. The van der Waals surface area contributed by atoms with E-state index >= 15 is 0 Å². The predicted molar refractivity (Wildman–Crippen MR) is 65.4 cm³/mol. The summed E-state index contributed by atoms with van der Waals surface area (Å²) in [6, 6.07) is 0. The summed E-state index contributed by atoms with van der Waals surface area (Å²) in [7, 11) is 4.25. The Balaban J connectivity index is 3.21. The van der Waals surface area contributed by atoms with Gasteiger partial charge in [0.15, 0.2) is 0 Å². The first-order chi connectivity index (χ1) is 5.70. The van der Waals surface area contributed by atoms with Crippen molar-refractivity contribution in [1.29, 1.82) is 0 Å². The van der Waals surface area contributed by atoms with Crippen molar-refractivity contribution < 1.29 is 9.59 Å². The molecule has 0 spiro atoms. The van der Waals surface area contributed by atoms with Crippen molar-refractivity contribution in [2.24, 2.45) is 0 Å². The molecule has 0 aliphatic rings. The third-order valence-electron chi connectivity index (χ3n) is 0.430. The molecule has 0 heterocycles. The summed E-state index contributed by atoms with van der Waals surface area (Å²) in [5.74, 6) is 0. The van der Waals surface area contributed by atoms with E-state index in [-0.39, 0.29) is 10.5 Å². The lowest BCUT2D eigenvalue weighted by molar-refractivity contribution is 0.265. The molecule has 2 N–H and O–H groups in total. The fourth-order valence-corrected chi connectivity index (χ4v) is 4.92. The van der Waals surface area contributed by atoms with Crippen molar-refractivity contribution >= 4 is 77.3 Å². The molecule has 0 aliphatic heterocycles. The van der Waals surface area contributed by atoms with Gasteiger partial charge in [-0.1, -0.05) is 25.6 Å². The first-order valence-corrected chi connectivity index (χ1v) is 7.97. The quantitative estimate of drug-likeness (QED) is 0.362. The Kier molecular flexibility index (Phi) is 9.38. The lowest BCUT2D eigenvalue weighted by atomic mass is 11.5. The van der Waals surface area contributed by atoms with Gasteiger partial charge in [0.1, 0.15) is 0 Å². The van der Waals surface area contributed by atoms with E-state index in [9.17, 15) is 9.59 Å². The fraction of sp³-hybridized carbons (Fsp3) is 0. The van der Waals surface area contributed by atoms with Crippen LogP contribution in [0.2, 0.25) is 0 Å². The van der Waals surface area contributed by atoms with Gasteiger partial charge in [-0.3, -0.25) is 19.0 Å². The van der Waals surface area contributed by atoms with Gasteiger partial charge in [0, 0.05) is 21.6 Å². The number of nitrogens with one attached hydrogen (secondary N) is 2. The smallest absolute Gasteiger partial charge is 0.293 e. The van der Waals surface area contributed by atoms with Crippen LogP contribution in [0.3, 0.4) is 0 Å². The van der Waals surface area contributed by atoms with Gasteiger partial charge in [0.2, 0.25) is 0 Å². The Labute approximate surface area is 95.8 Å². The second-order valence-electron chi connectivity index (χ2n) is 1.10. The zero-order valence-corrected chi connectivity index (χ0v) is 10.4. The van der Waals surface area contributed by atoms with Gasteiger partial charge in [-0.05, 0) is 19.7 Å². The van der Waals surface area contributed by atoms with Crippen molar-refractivity contribution in [2.75, 3.05) is 0 Å². The molecule has 10 heteroatoms. The van der Waals surface area contributed by atoms with E-state index in [2.05, 4.69) is 35.1 Å². The summed E-state index contributed by atoms with van der Waals surface area (Å²) in [6.45, 7) is 0. The van der Waals surface area contributed by atoms with Gasteiger partial charge in [-0.25, -0.2) is 0 Å². The van der Waals surface area contributed by atoms with Gasteiger partial charge < -0.3 is 0 Å². The number of hydrogen-bond acceptors (Lipinski definition) is 8. The summed E-state index contributed by atoms with van der Waals surface area (Å²) in [6.07, 6.45) is 0. The van der Waals surface area contributed by atoms with Crippen LogP contribution in [0.4, 0.5) is 9.59 Å². The Morgan fingerprint density at radius 2 is 1.25 bits per heavy atom. The van der Waals surface area contributed by atoms with E-state index < -0.39 is 0 Å². The number of carbonyl (C=O) groups is 2. The van der Waals surface area contributed by atoms with E-state index in [0.29, 0.717) is 0 Å². The summed E-state index contributed by atoms with van der Waals surface area (Å²) in [5.41, 5.74) is 0. The molecule has 0 fully saturated rings. The van der Waals surface area contributed by atoms with E-state index in [0.717, 1.165) is 21.6 Å². The van der Waals surface area contributed by atoms with Crippen LogP contribution in [-0.2, 0) is 0 Å². The molecule has 0 aliphatic carbocycles. The number of rotatable bonds is 3. The number of hydrogen-bond donors (Lipinski definition) is 4. The topological polar surface area (TPSA) is 58.2 Å². The maximum Gasteiger partial charge on any atom is 0.300 e.